The predicted molar refractivity (Wildman–Crippen MR) is 84.5 cm³/mol. The zero-order valence-electron chi connectivity index (χ0n) is 13.6. The second-order valence-electron chi connectivity index (χ2n) is 7.74. The highest BCUT2D eigenvalue weighted by Gasteiger charge is 2.47. The molecule has 3 rings (SSSR count). The molecule has 1 atom stereocenters. The minimum atomic E-state index is -0.768. The number of carbonyl (C=O) groups excluding carboxylic acids is 1. The average Bonchev–Trinajstić information content (AvgIpc) is 2.91. The molecule has 1 unspecified atom stereocenters. The molecule has 0 aromatic heterocycles. The molecule has 0 radical (unpaired) electrons. The Morgan fingerprint density at radius 2 is 1.73 bits per heavy atom. The molecule has 4 heteroatoms. The van der Waals surface area contributed by atoms with Crippen LogP contribution < -0.4 is 0 Å². The van der Waals surface area contributed by atoms with Crippen molar-refractivity contribution < 1.29 is 14.7 Å². The summed E-state index contributed by atoms with van der Waals surface area (Å²) in [5.41, 5.74) is -0.741. The molecule has 0 aromatic carbocycles. The topological polar surface area (TPSA) is 57.6 Å². The van der Waals surface area contributed by atoms with Crippen LogP contribution in [0.5, 0.6) is 0 Å². The lowest BCUT2D eigenvalue weighted by molar-refractivity contribution is -0.159. The molecule has 3 fully saturated rings. The minimum Gasteiger partial charge on any atom is -0.481 e. The number of rotatable bonds is 5. The molecule has 0 bridgehead atoms. The van der Waals surface area contributed by atoms with Crippen molar-refractivity contribution in [3.8, 4) is 0 Å². The van der Waals surface area contributed by atoms with Crippen LogP contribution in [0.15, 0.2) is 0 Å². The summed E-state index contributed by atoms with van der Waals surface area (Å²) >= 11 is 0. The Morgan fingerprint density at radius 1 is 1.00 bits per heavy atom. The lowest BCUT2D eigenvalue weighted by atomic mass is 9.66. The van der Waals surface area contributed by atoms with E-state index in [1.165, 1.54) is 32.1 Å². The molecule has 0 spiro atoms. The summed E-state index contributed by atoms with van der Waals surface area (Å²) in [5, 5.41) is 9.43. The van der Waals surface area contributed by atoms with Gasteiger partial charge in [-0.2, -0.15) is 0 Å². The van der Waals surface area contributed by atoms with Crippen molar-refractivity contribution in [2.75, 3.05) is 6.54 Å². The monoisotopic (exact) mass is 307 g/mol. The van der Waals surface area contributed by atoms with Gasteiger partial charge in [-0.1, -0.05) is 38.5 Å². The molecule has 1 amide bonds. The molecular formula is C18H29NO3. The van der Waals surface area contributed by atoms with Crippen LogP contribution in [0.1, 0.15) is 77.0 Å². The van der Waals surface area contributed by atoms with E-state index in [-0.39, 0.29) is 12.3 Å². The third-order valence-electron chi connectivity index (χ3n) is 6.28. The summed E-state index contributed by atoms with van der Waals surface area (Å²) in [6.07, 6.45) is 12.6. The third kappa shape index (κ3) is 3.16. The van der Waals surface area contributed by atoms with Crippen molar-refractivity contribution in [3.05, 3.63) is 0 Å². The SMILES string of the molecule is O=C(CC1(C(=O)O)CCC1)N1CCCC1CC1CCCCC1. The van der Waals surface area contributed by atoms with Crippen LogP contribution in [0.3, 0.4) is 0 Å². The van der Waals surface area contributed by atoms with E-state index in [1.54, 1.807) is 0 Å². The van der Waals surface area contributed by atoms with Crippen molar-refractivity contribution in [2.24, 2.45) is 11.3 Å². The van der Waals surface area contributed by atoms with E-state index in [1.807, 2.05) is 4.90 Å². The fraction of sp³-hybridized carbons (Fsp3) is 0.889. The summed E-state index contributed by atoms with van der Waals surface area (Å²) in [7, 11) is 0. The van der Waals surface area contributed by atoms with Crippen molar-refractivity contribution in [1.29, 1.82) is 0 Å². The molecular weight excluding hydrogens is 278 g/mol. The minimum absolute atomic E-state index is 0.0976. The standard InChI is InChI=1S/C18H29NO3/c20-16(13-18(17(21)22)9-5-10-18)19-11-4-8-15(19)12-14-6-2-1-3-7-14/h14-15H,1-13H2,(H,21,22). The number of carboxylic acid groups (broad SMARTS) is 1. The Bertz CT molecular complexity index is 424. The summed E-state index contributed by atoms with van der Waals surface area (Å²) in [6, 6.07) is 0.376. The van der Waals surface area contributed by atoms with Gasteiger partial charge in [-0.3, -0.25) is 9.59 Å². The molecule has 124 valence electrons. The van der Waals surface area contributed by atoms with E-state index in [9.17, 15) is 14.7 Å². The zero-order valence-corrected chi connectivity index (χ0v) is 13.6. The highest BCUT2D eigenvalue weighted by atomic mass is 16.4. The smallest absolute Gasteiger partial charge is 0.310 e. The highest BCUT2D eigenvalue weighted by molar-refractivity contribution is 5.86. The molecule has 4 nitrogen and oxygen atoms in total. The first-order valence-electron chi connectivity index (χ1n) is 9.14. The molecule has 1 saturated heterocycles. The number of carbonyl (C=O) groups is 2. The molecule has 2 aliphatic carbocycles. The average molecular weight is 307 g/mol. The molecule has 1 N–H and O–H groups in total. The van der Waals surface area contributed by atoms with E-state index in [2.05, 4.69) is 0 Å². The summed E-state index contributed by atoms with van der Waals surface area (Å²) < 4.78 is 0. The van der Waals surface area contributed by atoms with E-state index < -0.39 is 11.4 Å². The van der Waals surface area contributed by atoms with Crippen molar-refractivity contribution >= 4 is 11.9 Å². The van der Waals surface area contributed by atoms with Crippen LogP contribution in [0.2, 0.25) is 0 Å². The summed E-state index contributed by atoms with van der Waals surface area (Å²) in [5.74, 6) is 0.111. The molecule has 1 aliphatic heterocycles. The zero-order chi connectivity index (χ0) is 15.6. The van der Waals surface area contributed by atoms with E-state index >= 15 is 0 Å². The second-order valence-corrected chi connectivity index (χ2v) is 7.74. The molecule has 22 heavy (non-hydrogen) atoms. The first-order valence-corrected chi connectivity index (χ1v) is 9.14. The Morgan fingerprint density at radius 3 is 2.32 bits per heavy atom. The largest absolute Gasteiger partial charge is 0.481 e. The fourth-order valence-electron chi connectivity index (χ4n) is 4.68. The molecule has 0 aromatic rings. The van der Waals surface area contributed by atoms with Gasteiger partial charge in [0.15, 0.2) is 0 Å². The van der Waals surface area contributed by atoms with Crippen molar-refractivity contribution in [2.45, 2.75) is 83.1 Å². The summed E-state index contributed by atoms with van der Waals surface area (Å²) in [4.78, 5) is 26.2. The first kappa shape index (κ1) is 15.8. The van der Waals surface area contributed by atoms with E-state index in [0.717, 1.165) is 38.1 Å². The van der Waals surface area contributed by atoms with E-state index in [4.69, 9.17) is 0 Å². The predicted octanol–water partition coefficient (Wildman–Crippen LogP) is 3.59. The van der Waals surface area contributed by atoms with Gasteiger partial charge in [-0.05, 0) is 38.0 Å². The number of amides is 1. The van der Waals surface area contributed by atoms with Crippen LogP contribution in [0.25, 0.3) is 0 Å². The van der Waals surface area contributed by atoms with Crippen LogP contribution in [-0.4, -0.2) is 34.5 Å². The maximum Gasteiger partial charge on any atom is 0.310 e. The molecule has 2 saturated carbocycles. The number of nitrogens with zero attached hydrogens (tertiary/aromatic N) is 1. The number of hydrogen-bond acceptors (Lipinski definition) is 2. The maximum atomic E-state index is 12.7. The lowest BCUT2D eigenvalue weighted by Crippen LogP contribution is -2.45. The number of carboxylic acids is 1. The maximum absolute atomic E-state index is 12.7. The Balaban J connectivity index is 1.57. The Hall–Kier alpha value is -1.06. The first-order chi connectivity index (χ1) is 10.6. The highest BCUT2D eigenvalue weighted by Crippen LogP contribution is 2.45. The van der Waals surface area contributed by atoms with Gasteiger partial charge in [0.2, 0.25) is 5.91 Å². The quantitative estimate of drug-likeness (QED) is 0.844. The van der Waals surface area contributed by atoms with Gasteiger partial charge in [0.25, 0.3) is 0 Å². The van der Waals surface area contributed by atoms with Crippen LogP contribution in [0.4, 0.5) is 0 Å². The number of hydrogen-bond donors (Lipinski definition) is 1. The van der Waals surface area contributed by atoms with Crippen molar-refractivity contribution in [1.82, 2.24) is 4.90 Å². The third-order valence-corrected chi connectivity index (χ3v) is 6.28. The second kappa shape index (κ2) is 6.59. The van der Waals surface area contributed by atoms with Gasteiger partial charge in [0.05, 0.1) is 5.41 Å². The molecule has 3 aliphatic rings. The number of aliphatic carboxylic acids is 1. The Labute approximate surface area is 133 Å². The fourth-order valence-corrected chi connectivity index (χ4v) is 4.68. The van der Waals surface area contributed by atoms with Gasteiger partial charge in [0.1, 0.15) is 0 Å². The van der Waals surface area contributed by atoms with Gasteiger partial charge in [0, 0.05) is 19.0 Å². The van der Waals surface area contributed by atoms with Gasteiger partial charge >= 0.3 is 5.97 Å². The van der Waals surface area contributed by atoms with Crippen LogP contribution in [0, 0.1) is 11.3 Å². The van der Waals surface area contributed by atoms with Gasteiger partial charge in [-0.25, -0.2) is 0 Å². The number of likely N-dealkylation sites (tertiary alicyclic amines) is 1. The summed E-state index contributed by atoms with van der Waals surface area (Å²) in [6.45, 7) is 0.839. The Kier molecular flexibility index (Phi) is 4.74. The van der Waals surface area contributed by atoms with Gasteiger partial charge < -0.3 is 10.0 Å². The van der Waals surface area contributed by atoms with Crippen molar-refractivity contribution in [3.63, 3.8) is 0 Å². The lowest BCUT2D eigenvalue weighted by Gasteiger charge is -2.39. The normalized spacial score (nSPS) is 28.4. The van der Waals surface area contributed by atoms with E-state index in [0.29, 0.717) is 18.9 Å². The van der Waals surface area contributed by atoms with Gasteiger partial charge in [-0.15, -0.1) is 0 Å². The van der Waals surface area contributed by atoms with Crippen LogP contribution >= 0.6 is 0 Å². The van der Waals surface area contributed by atoms with Crippen LogP contribution in [-0.2, 0) is 9.59 Å². The molecule has 1 heterocycles.